The fourth-order valence-electron chi connectivity index (χ4n) is 2.85. The second-order valence-electron chi connectivity index (χ2n) is 6.68. The number of anilines is 1. The number of aryl methyl sites for hydroxylation is 1. The van der Waals surface area contributed by atoms with Crippen LogP contribution in [0.5, 0.6) is 5.75 Å². The summed E-state index contributed by atoms with van der Waals surface area (Å²) < 4.78 is 29.0. The number of nitrogens with zero attached hydrogens (tertiary/aromatic N) is 1. The summed E-state index contributed by atoms with van der Waals surface area (Å²) in [5.74, 6) is -0.578. The van der Waals surface area contributed by atoms with Crippen molar-refractivity contribution in [1.29, 1.82) is 0 Å². The van der Waals surface area contributed by atoms with Crippen LogP contribution in [-0.2, 0) is 11.2 Å². The molecule has 9 heteroatoms. The zero-order valence-electron chi connectivity index (χ0n) is 16.7. The number of hydrogen-bond donors (Lipinski definition) is 2. The summed E-state index contributed by atoms with van der Waals surface area (Å²) in [7, 11) is 0. The summed E-state index contributed by atoms with van der Waals surface area (Å²) in [4.78, 5) is 27.7. The van der Waals surface area contributed by atoms with Crippen LogP contribution in [0.3, 0.4) is 0 Å². The third-order valence-corrected chi connectivity index (χ3v) is 5.07. The lowest BCUT2D eigenvalue weighted by Gasteiger charge is -2.06. The second-order valence-corrected chi connectivity index (χ2v) is 7.54. The Hall–Kier alpha value is -3.33. The predicted octanol–water partition coefficient (Wildman–Crippen LogP) is 4.73. The lowest BCUT2D eigenvalue weighted by atomic mass is 10.1. The minimum Gasteiger partial charge on any atom is -0.435 e. The molecule has 6 nitrogen and oxygen atoms in total. The van der Waals surface area contributed by atoms with Crippen LogP contribution >= 0.6 is 11.3 Å². The maximum absolute atomic E-state index is 12.4. The molecule has 0 atom stereocenters. The summed E-state index contributed by atoms with van der Waals surface area (Å²) in [5.41, 5.74) is 2.98. The van der Waals surface area contributed by atoms with Gasteiger partial charge in [-0.05, 0) is 36.6 Å². The van der Waals surface area contributed by atoms with E-state index in [1.165, 1.54) is 42.5 Å². The Labute approximate surface area is 182 Å². The Balaban J connectivity index is 1.58. The molecule has 1 aromatic heterocycles. The number of nitrogens with one attached hydrogen (secondary N) is 2. The van der Waals surface area contributed by atoms with E-state index in [-0.39, 0.29) is 17.2 Å². The summed E-state index contributed by atoms with van der Waals surface area (Å²) in [6.45, 7) is -0.815. The smallest absolute Gasteiger partial charge is 0.387 e. The van der Waals surface area contributed by atoms with E-state index < -0.39 is 12.5 Å². The molecule has 3 rings (SSSR count). The van der Waals surface area contributed by atoms with E-state index in [2.05, 4.69) is 20.4 Å². The summed E-state index contributed by atoms with van der Waals surface area (Å²) in [6, 6.07) is 13.5. The van der Waals surface area contributed by atoms with Crippen LogP contribution in [0.1, 0.15) is 29.3 Å². The molecule has 0 saturated heterocycles. The van der Waals surface area contributed by atoms with Gasteiger partial charge in [-0.15, -0.1) is 11.3 Å². The number of carbonyl (C=O) groups excluding carboxylic acids is 2. The Morgan fingerprint density at radius 3 is 2.65 bits per heavy atom. The van der Waals surface area contributed by atoms with E-state index in [1.54, 1.807) is 0 Å². The predicted molar refractivity (Wildman–Crippen MR) is 116 cm³/mol. The first-order chi connectivity index (χ1) is 14.9. The first kappa shape index (κ1) is 22.4. The van der Waals surface area contributed by atoms with Crippen LogP contribution in [0, 0.1) is 0 Å². The van der Waals surface area contributed by atoms with Gasteiger partial charge in [-0.2, -0.15) is 8.78 Å². The van der Waals surface area contributed by atoms with Crippen molar-refractivity contribution in [3.05, 3.63) is 65.0 Å². The molecule has 0 aliphatic rings. The van der Waals surface area contributed by atoms with Crippen LogP contribution in [0.15, 0.2) is 53.9 Å². The zero-order valence-corrected chi connectivity index (χ0v) is 17.5. The molecule has 1 heterocycles. The highest BCUT2D eigenvalue weighted by Crippen LogP contribution is 2.26. The fourth-order valence-corrected chi connectivity index (χ4v) is 3.56. The molecule has 0 aliphatic carbocycles. The topological polar surface area (TPSA) is 80.3 Å². The highest BCUT2D eigenvalue weighted by molar-refractivity contribution is 7.14. The minimum atomic E-state index is -2.96. The first-order valence-corrected chi connectivity index (χ1v) is 10.4. The molecule has 0 spiro atoms. The number of carbonyl (C=O) groups is 2. The molecule has 0 aliphatic heterocycles. The Morgan fingerprint density at radius 1 is 1.16 bits per heavy atom. The normalized spacial score (nSPS) is 10.7. The van der Waals surface area contributed by atoms with E-state index in [4.69, 9.17) is 0 Å². The highest BCUT2D eigenvalue weighted by atomic mass is 32.1. The molecule has 0 fully saturated rings. The number of aromatic nitrogens is 1. The fraction of sp³-hybridized carbons (Fsp3) is 0.227. The van der Waals surface area contributed by atoms with E-state index in [1.807, 2.05) is 29.6 Å². The molecule has 2 N–H and O–H groups in total. The molecule has 31 heavy (non-hydrogen) atoms. The van der Waals surface area contributed by atoms with Gasteiger partial charge in [0.05, 0.1) is 5.69 Å². The van der Waals surface area contributed by atoms with Gasteiger partial charge in [0.2, 0.25) is 5.91 Å². The number of ether oxygens (including phenoxy) is 1. The molecule has 2 amide bonds. The molecule has 162 valence electrons. The van der Waals surface area contributed by atoms with Crippen molar-refractivity contribution >= 4 is 28.3 Å². The van der Waals surface area contributed by atoms with Crippen molar-refractivity contribution in [1.82, 2.24) is 10.3 Å². The van der Waals surface area contributed by atoms with Crippen LogP contribution in [0.2, 0.25) is 0 Å². The van der Waals surface area contributed by atoms with Gasteiger partial charge in [0.1, 0.15) is 5.75 Å². The van der Waals surface area contributed by atoms with Crippen molar-refractivity contribution in [2.24, 2.45) is 0 Å². The molecule has 0 bridgehead atoms. The van der Waals surface area contributed by atoms with Crippen LogP contribution < -0.4 is 15.4 Å². The number of amides is 2. The Bertz CT molecular complexity index is 1040. The zero-order chi connectivity index (χ0) is 22.2. The van der Waals surface area contributed by atoms with Gasteiger partial charge in [0, 0.05) is 30.0 Å². The molecular weight excluding hydrogens is 424 g/mol. The van der Waals surface area contributed by atoms with E-state index in [0.717, 1.165) is 29.7 Å². The quantitative estimate of drug-likeness (QED) is 0.467. The average molecular weight is 445 g/mol. The van der Waals surface area contributed by atoms with Crippen molar-refractivity contribution in [3.8, 4) is 17.0 Å². The summed E-state index contributed by atoms with van der Waals surface area (Å²) >= 11 is 1.27. The number of halogens is 2. The monoisotopic (exact) mass is 445 g/mol. The third kappa shape index (κ3) is 6.85. The van der Waals surface area contributed by atoms with Gasteiger partial charge >= 0.3 is 6.61 Å². The molecule has 2 aromatic carbocycles. The van der Waals surface area contributed by atoms with Gasteiger partial charge in [-0.3, -0.25) is 14.9 Å². The maximum Gasteiger partial charge on any atom is 0.387 e. The Kier molecular flexibility index (Phi) is 7.66. The standard InChI is InChI=1S/C22H21F2N3O3S/c1-14(28)25-11-3-4-15-7-9-16(10-8-15)19-13-31-22(26-19)27-20(29)17-5-2-6-18(12-17)30-21(23)24/h2,5-10,12-13,21H,3-4,11H2,1H3,(H,25,28)(H,26,27,29). The van der Waals surface area contributed by atoms with Crippen LogP contribution in [0.25, 0.3) is 11.3 Å². The van der Waals surface area contributed by atoms with E-state index in [0.29, 0.717) is 11.7 Å². The number of rotatable bonds is 9. The van der Waals surface area contributed by atoms with Gasteiger partial charge < -0.3 is 10.1 Å². The number of thiazole rings is 1. The molecule has 0 saturated carbocycles. The number of alkyl halides is 2. The third-order valence-electron chi connectivity index (χ3n) is 4.31. The summed E-state index contributed by atoms with van der Waals surface area (Å²) in [6.07, 6.45) is 1.71. The maximum atomic E-state index is 12.4. The second kappa shape index (κ2) is 10.6. The minimum absolute atomic E-state index is 0.0315. The number of hydrogen-bond acceptors (Lipinski definition) is 5. The molecule has 3 aromatic rings. The largest absolute Gasteiger partial charge is 0.435 e. The molecular formula is C22H21F2N3O3S. The SMILES string of the molecule is CC(=O)NCCCc1ccc(-c2csc(NC(=O)c3cccc(OC(F)F)c3)n2)cc1. The van der Waals surface area contributed by atoms with E-state index in [9.17, 15) is 18.4 Å². The van der Waals surface area contributed by atoms with Gasteiger partial charge in [0.25, 0.3) is 5.91 Å². The average Bonchev–Trinajstić information content (AvgIpc) is 3.19. The van der Waals surface area contributed by atoms with Crippen molar-refractivity contribution in [2.45, 2.75) is 26.4 Å². The highest BCUT2D eigenvalue weighted by Gasteiger charge is 2.12. The van der Waals surface area contributed by atoms with Gasteiger partial charge in [-0.25, -0.2) is 4.98 Å². The van der Waals surface area contributed by atoms with Crippen LogP contribution in [0.4, 0.5) is 13.9 Å². The van der Waals surface area contributed by atoms with E-state index >= 15 is 0 Å². The molecule has 0 radical (unpaired) electrons. The first-order valence-electron chi connectivity index (χ1n) is 9.56. The lowest BCUT2D eigenvalue weighted by molar-refractivity contribution is -0.118. The van der Waals surface area contributed by atoms with Gasteiger partial charge in [0.15, 0.2) is 5.13 Å². The molecule has 0 unspecified atom stereocenters. The lowest BCUT2D eigenvalue weighted by Crippen LogP contribution is -2.21. The van der Waals surface area contributed by atoms with Gasteiger partial charge in [-0.1, -0.05) is 30.3 Å². The van der Waals surface area contributed by atoms with Crippen LogP contribution in [-0.4, -0.2) is 30.0 Å². The van der Waals surface area contributed by atoms with Crippen molar-refractivity contribution < 1.29 is 23.1 Å². The Morgan fingerprint density at radius 2 is 1.94 bits per heavy atom. The van der Waals surface area contributed by atoms with Crippen molar-refractivity contribution in [3.63, 3.8) is 0 Å². The summed E-state index contributed by atoms with van der Waals surface area (Å²) in [5, 5.41) is 7.68. The number of benzene rings is 2. The van der Waals surface area contributed by atoms with Crippen molar-refractivity contribution in [2.75, 3.05) is 11.9 Å².